The van der Waals surface area contributed by atoms with Crippen LogP contribution in [-0.4, -0.2) is 32.2 Å². The highest BCUT2D eigenvalue weighted by Gasteiger charge is 2.38. The third kappa shape index (κ3) is 2.71. The summed E-state index contributed by atoms with van der Waals surface area (Å²) in [4.78, 5) is 24.5. The maximum absolute atomic E-state index is 12.1. The van der Waals surface area contributed by atoms with Gasteiger partial charge in [0.25, 0.3) is 5.91 Å². The Morgan fingerprint density at radius 1 is 1.58 bits per heavy atom. The standard InChI is InChI=1S/C12H11NO4S2/c1-6-3-4-8(17-6)5-9-10(14)13(12(18)19-9)7(2)11(15)16/h3-5,7H,1-2H3,(H,15,16). The molecule has 1 aliphatic heterocycles. The number of carboxylic acids is 1. The van der Waals surface area contributed by atoms with Crippen molar-refractivity contribution < 1.29 is 19.1 Å². The summed E-state index contributed by atoms with van der Waals surface area (Å²) in [5, 5.41) is 8.96. The van der Waals surface area contributed by atoms with Crippen molar-refractivity contribution in [2.75, 3.05) is 0 Å². The lowest BCUT2D eigenvalue weighted by Gasteiger charge is -2.18. The van der Waals surface area contributed by atoms with E-state index in [0.29, 0.717) is 10.7 Å². The van der Waals surface area contributed by atoms with Crippen molar-refractivity contribution >= 4 is 46.3 Å². The fourth-order valence-corrected chi connectivity index (χ4v) is 2.98. The van der Waals surface area contributed by atoms with Gasteiger partial charge in [0.15, 0.2) is 0 Å². The van der Waals surface area contributed by atoms with E-state index in [4.69, 9.17) is 21.7 Å². The summed E-state index contributed by atoms with van der Waals surface area (Å²) in [7, 11) is 0. The van der Waals surface area contributed by atoms with E-state index in [2.05, 4.69) is 0 Å². The van der Waals surface area contributed by atoms with Crippen molar-refractivity contribution in [3.63, 3.8) is 0 Å². The molecule has 0 aliphatic carbocycles. The lowest BCUT2D eigenvalue weighted by molar-refractivity contribution is -0.144. The van der Waals surface area contributed by atoms with Gasteiger partial charge in [-0.25, -0.2) is 4.79 Å². The van der Waals surface area contributed by atoms with Crippen LogP contribution >= 0.6 is 24.0 Å². The molecule has 0 bridgehead atoms. The number of thiocarbonyl (C=S) groups is 1. The second-order valence-corrected chi connectivity index (χ2v) is 5.69. The summed E-state index contributed by atoms with van der Waals surface area (Å²) in [6.45, 7) is 3.22. The molecular weight excluding hydrogens is 286 g/mol. The minimum absolute atomic E-state index is 0.245. The molecule has 2 rings (SSSR count). The van der Waals surface area contributed by atoms with Crippen molar-refractivity contribution in [1.82, 2.24) is 4.90 Å². The molecule has 0 spiro atoms. The van der Waals surface area contributed by atoms with Gasteiger partial charge < -0.3 is 9.52 Å². The molecule has 7 heteroatoms. The summed E-state index contributed by atoms with van der Waals surface area (Å²) in [5.74, 6) is -0.216. The third-order valence-corrected chi connectivity index (χ3v) is 3.93. The average molecular weight is 297 g/mol. The van der Waals surface area contributed by atoms with Crippen molar-refractivity contribution in [3.05, 3.63) is 28.6 Å². The van der Waals surface area contributed by atoms with E-state index in [9.17, 15) is 9.59 Å². The second-order valence-electron chi connectivity index (χ2n) is 4.01. The van der Waals surface area contributed by atoms with Crippen LogP contribution in [0.5, 0.6) is 0 Å². The van der Waals surface area contributed by atoms with Crippen LogP contribution in [0.4, 0.5) is 0 Å². The van der Waals surface area contributed by atoms with E-state index in [1.807, 2.05) is 0 Å². The number of carbonyl (C=O) groups excluding carboxylic acids is 1. The molecular formula is C12H11NO4S2. The molecule has 1 atom stereocenters. The molecule has 5 nitrogen and oxygen atoms in total. The van der Waals surface area contributed by atoms with Gasteiger partial charge in [-0.3, -0.25) is 9.69 Å². The normalized spacial score (nSPS) is 19.3. The van der Waals surface area contributed by atoms with Crippen LogP contribution in [0.25, 0.3) is 6.08 Å². The van der Waals surface area contributed by atoms with Crippen molar-refractivity contribution in [2.24, 2.45) is 0 Å². The highest BCUT2D eigenvalue weighted by molar-refractivity contribution is 8.26. The van der Waals surface area contributed by atoms with Gasteiger partial charge in [-0.2, -0.15) is 0 Å². The van der Waals surface area contributed by atoms with Crippen LogP contribution < -0.4 is 0 Å². The Balaban J connectivity index is 2.27. The van der Waals surface area contributed by atoms with Gasteiger partial charge in [0.05, 0.1) is 4.91 Å². The molecule has 1 N–H and O–H groups in total. The summed E-state index contributed by atoms with van der Waals surface area (Å²) in [6.07, 6.45) is 1.57. The molecule has 1 aromatic rings. The molecule has 1 aliphatic rings. The molecule has 100 valence electrons. The Hall–Kier alpha value is -1.60. The summed E-state index contributed by atoms with van der Waals surface area (Å²) in [5.41, 5.74) is 0. The molecule has 1 fully saturated rings. The summed E-state index contributed by atoms with van der Waals surface area (Å²) >= 11 is 6.12. The lowest BCUT2D eigenvalue weighted by Crippen LogP contribution is -2.41. The number of hydrogen-bond acceptors (Lipinski definition) is 5. The number of aryl methyl sites for hydroxylation is 1. The minimum Gasteiger partial charge on any atom is -0.480 e. The van der Waals surface area contributed by atoms with Crippen LogP contribution in [0.1, 0.15) is 18.4 Å². The Morgan fingerprint density at radius 2 is 2.26 bits per heavy atom. The van der Waals surface area contributed by atoms with Gasteiger partial charge in [-0.05, 0) is 26.0 Å². The van der Waals surface area contributed by atoms with E-state index in [0.717, 1.165) is 22.4 Å². The van der Waals surface area contributed by atoms with Crippen LogP contribution in [0, 0.1) is 6.92 Å². The minimum atomic E-state index is -1.09. The largest absolute Gasteiger partial charge is 0.480 e. The molecule has 0 aromatic carbocycles. The molecule has 1 aromatic heterocycles. The van der Waals surface area contributed by atoms with Gasteiger partial charge in [0, 0.05) is 6.08 Å². The number of nitrogens with zero attached hydrogens (tertiary/aromatic N) is 1. The van der Waals surface area contributed by atoms with Gasteiger partial charge >= 0.3 is 5.97 Å². The number of rotatable bonds is 3. The zero-order chi connectivity index (χ0) is 14.2. The number of furan rings is 1. The maximum atomic E-state index is 12.1. The Morgan fingerprint density at radius 3 is 2.79 bits per heavy atom. The van der Waals surface area contributed by atoms with Gasteiger partial charge in [-0.1, -0.05) is 24.0 Å². The number of aliphatic carboxylic acids is 1. The number of hydrogen-bond donors (Lipinski definition) is 1. The van der Waals surface area contributed by atoms with Gasteiger partial charge in [0.2, 0.25) is 0 Å². The fraction of sp³-hybridized carbons (Fsp3) is 0.250. The summed E-state index contributed by atoms with van der Waals surface area (Å²) < 4.78 is 5.60. The maximum Gasteiger partial charge on any atom is 0.326 e. The van der Waals surface area contributed by atoms with E-state index < -0.39 is 17.9 Å². The molecule has 0 radical (unpaired) electrons. The SMILES string of the molecule is Cc1ccc(C=C2SC(=S)N(C(C)C(=O)O)C2=O)o1. The zero-order valence-corrected chi connectivity index (χ0v) is 11.9. The molecule has 0 saturated carbocycles. The van der Waals surface area contributed by atoms with Gasteiger partial charge in [0.1, 0.15) is 21.9 Å². The van der Waals surface area contributed by atoms with Crippen molar-refractivity contribution in [3.8, 4) is 0 Å². The van der Waals surface area contributed by atoms with Crippen LogP contribution in [0.15, 0.2) is 21.5 Å². The molecule has 1 unspecified atom stereocenters. The highest BCUT2D eigenvalue weighted by Crippen LogP contribution is 2.34. The molecule has 1 amide bonds. The Kier molecular flexibility index (Phi) is 3.77. The average Bonchev–Trinajstić information content (AvgIpc) is 2.84. The number of amides is 1. The Labute approximate surface area is 119 Å². The lowest BCUT2D eigenvalue weighted by atomic mass is 10.3. The first kappa shape index (κ1) is 13.8. The first-order valence-corrected chi connectivity index (χ1v) is 6.69. The number of thioether (sulfide) groups is 1. The highest BCUT2D eigenvalue weighted by atomic mass is 32.2. The number of carboxylic acid groups (broad SMARTS) is 1. The Bertz CT molecular complexity index is 590. The zero-order valence-electron chi connectivity index (χ0n) is 10.2. The van der Waals surface area contributed by atoms with Crippen LogP contribution in [0.3, 0.4) is 0 Å². The fourth-order valence-electron chi connectivity index (χ4n) is 1.58. The third-order valence-electron chi connectivity index (χ3n) is 2.60. The number of carbonyl (C=O) groups is 2. The molecule has 19 heavy (non-hydrogen) atoms. The first-order chi connectivity index (χ1) is 8.90. The second kappa shape index (κ2) is 5.18. The van der Waals surface area contributed by atoms with Gasteiger partial charge in [-0.15, -0.1) is 0 Å². The van der Waals surface area contributed by atoms with Crippen molar-refractivity contribution in [1.29, 1.82) is 0 Å². The smallest absolute Gasteiger partial charge is 0.326 e. The van der Waals surface area contributed by atoms with E-state index in [-0.39, 0.29) is 4.32 Å². The topological polar surface area (TPSA) is 70.8 Å². The quantitative estimate of drug-likeness (QED) is 0.681. The molecule has 2 heterocycles. The summed E-state index contributed by atoms with van der Waals surface area (Å²) in [6, 6.07) is 2.55. The first-order valence-electron chi connectivity index (χ1n) is 5.46. The predicted molar refractivity (Wildman–Crippen MR) is 75.6 cm³/mol. The molecule has 1 saturated heterocycles. The van der Waals surface area contributed by atoms with E-state index in [1.54, 1.807) is 25.1 Å². The van der Waals surface area contributed by atoms with Crippen LogP contribution in [-0.2, 0) is 9.59 Å². The van der Waals surface area contributed by atoms with Crippen LogP contribution in [0.2, 0.25) is 0 Å². The van der Waals surface area contributed by atoms with E-state index in [1.165, 1.54) is 6.92 Å². The van der Waals surface area contributed by atoms with Crippen molar-refractivity contribution in [2.45, 2.75) is 19.9 Å². The monoisotopic (exact) mass is 297 g/mol. The predicted octanol–water partition coefficient (Wildman–Crippen LogP) is 2.26. The van der Waals surface area contributed by atoms with E-state index >= 15 is 0 Å².